The molecule has 0 aromatic heterocycles. The third kappa shape index (κ3) is 6.90. The van der Waals surface area contributed by atoms with E-state index in [9.17, 15) is 8.78 Å². The third-order valence-electron chi connectivity index (χ3n) is 3.14. The summed E-state index contributed by atoms with van der Waals surface area (Å²) >= 11 is 0. The van der Waals surface area contributed by atoms with Gasteiger partial charge >= 0.3 is 0 Å². The number of hydrogen-bond acceptors (Lipinski definition) is 1. The van der Waals surface area contributed by atoms with E-state index >= 15 is 0 Å². The fraction of sp³-hybridized carbons (Fsp3) is 0.733. The summed E-state index contributed by atoms with van der Waals surface area (Å²) in [5, 5.41) is 0. The predicted octanol–water partition coefficient (Wildman–Crippen LogP) is 4.86. The summed E-state index contributed by atoms with van der Waals surface area (Å²) in [5.41, 5.74) is 0.252. The highest BCUT2D eigenvalue weighted by Crippen LogP contribution is 2.28. The molecular weight excluding hydrogens is 232 g/mol. The van der Waals surface area contributed by atoms with Gasteiger partial charge in [-0.2, -0.15) is 0 Å². The Morgan fingerprint density at radius 3 is 2.22 bits per heavy atom. The van der Waals surface area contributed by atoms with Crippen molar-refractivity contribution in [2.45, 2.75) is 46.5 Å². The van der Waals surface area contributed by atoms with Crippen molar-refractivity contribution in [1.29, 1.82) is 0 Å². The molecule has 0 aliphatic rings. The molecule has 0 amide bonds. The lowest BCUT2D eigenvalue weighted by molar-refractivity contribution is 0.340. The minimum absolute atomic E-state index is 0.252. The topological polar surface area (TPSA) is 3.24 Å². The first kappa shape index (κ1) is 17.3. The minimum Gasteiger partial charge on any atom is -0.309 e. The second kappa shape index (κ2) is 9.26. The molecule has 0 aromatic carbocycles. The van der Waals surface area contributed by atoms with Crippen molar-refractivity contribution in [3.63, 3.8) is 0 Å². The van der Waals surface area contributed by atoms with E-state index in [-0.39, 0.29) is 17.2 Å². The zero-order valence-corrected chi connectivity index (χ0v) is 12.4. The Morgan fingerprint density at radius 1 is 1.22 bits per heavy atom. The first-order valence-electron chi connectivity index (χ1n) is 6.78. The third-order valence-corrected chi connectivity index (χ3v) is 3.14. The van der Waals surface area contributed by atoms with Crippen LogP contribution >= 0.6 is 0 Å². The average Bonchev–Trinajstić information content (AvgIpc) is 2.28. The molecule has 0 aliphatic carbocycles. The molecule has 1 atom stereocenters. The molecule has 0 aliphatic heterocycles. The highest BCUT2D eigenvalue weighted by atomic mass is 19.1. The first-order chi connectivity index (χ1) is 8.42. The van der Waals surface area contributed by atoms with Crippen LogP contribution in [0.4, 0.5) is 8.78 Å². The maximum absolute atomic E-state index is 13.8. The SMILES string of the molecule is CC/C=C(F)\C(CC(CC)CCN(C)C)=C(/C)F. The smallest absolute Gasteiger partial charge is 0.124 e. The van der Waals surface area contributed by atoms with Crippen LogP contribution in [0.15, 0.2) is 23.3 Å². The molecule has 0 rings (SSSR count). The van der Waals surface area contributed by atoms with Crippen LogP contribution < -0.4 is 0 Å². The Bertz CT molecular complexity index is 289. The van der Waals surface area contributed by atoms with Crippen molar-refractivity contribution in [2.75, 3.05) is 20.6 Å². The molecule has 0 N–H and O–H groups in total. The summed E-state index contributed by atoms with van der Waals surface area (Å²) in [4.78, 5) is 2.10. The van der Waals surface area contributed by atoms with E-state index in [4.69, 9.17) is 0 Å². The van der Waals surface area contributed by atoms with Crippen molar-refractivity contribution in [3.05, 3.63) is 23.3 Å². The van der Waals surface area contributed by atoms with E-state index in [0.717, 1.165) is 19.4 Å². The van der Waals surface area contributed by atoms with Gasteiger partial charge in [0.05, 0.1) is 0 Å². The van der Waals surface area contributed by atoms with Gasteiger partial charge < -0.3 is 4.90 Å². The van der Waals surface area contributed by atoms with E-state index in [1.807, 2.05) is 21.0 Å². The van der Waals surface area contributed by atoms with Gasteiger partial charge in [0.1, 0.15) is 11.7 Å². The van der Waals surface area contributed by atoms with Crippen LogP contribution in [0.5, 0.6) is 0 Å². The first-order valence-corrected chi connectivity index (χ1v) is 6.78. The lowest BCUT2D eigenvalue weighted by Gasteiger charge is -2.19. The molecule has 0 aromatic rings. The van der Waals surface area contributed by atoms with Crippen LogP contribution in [0.3, 0.4) is 0 Å². The highest BCUT2D eigenvalue weighted by Gasteiger charge is 2.15. The molecule has 1 unspecified atom stereocenters. The van der Waals surface area contributed by atoms with Crippen molar-refractivity contribution < 1.29 is 8.78 Å². The Morgan fingerprint density at radius 2 is 1.83 bits per heavy atom. The molecule has 0 radical (unpaired) electrons. The van der Waals surface area contributed by atoms with E-state index in [1.54, 1.807) is 0 Å². The summed E-state index contributed by atoms with van der Waals surface area (Å²) in [6, 6.07) is 0. The molecule has 1 nitrogen and oxygen atoms in total. The van der Waals surface area contributed by atoms with Gasteiger partial charge in [0.2, 0.25) is 0 Å². The monoisotopic (exact) mass is 259 g/mol. The van der Waals surface area contributed by atoms with Crippen molar-refractivity contribution in [3.8, 4) is 0 Å². The lowest BCUT2D eigenvalue weighted by Crippen LogP contribution is -2.17. The molecule has 18 heavy (non-hydrogen) atoms. The summed E-state index contributed by atoms with van der Waals surface area (Å²) in [6.45, 7) is 6.23. The van der Waals surface area contributed by atoms with Crippen LogP contribution in [0.2, 0.25) is 0 Å². The van der Waals surface area contributed by atoms with Gasteiger partial charge in [0.25, 0.3) is 0 Å². The molecule has 0 spiro atoms. The van der Waals surface area contributed by atoms with Crippen molar-refractivity contribution in [2.24, 2.45) is 5.92 Å². The van der Waals surface area contributed by atoms with E-state index in [2.05, 4.69) is 11.8 Å². The Balaban J connectivity index is 4.67. The highest BCUT2D eigenvalue weighted by molar-refractivity contribution is 5.27. The number of halogens is 2. The maximum atomic E-state index is 13.8. The number of hydrogen-bond donors (Lipinski definition) is 0. The number of allylic oxidation sites excluding steroid dienone is 4. The quantitative estimate of drug-likeness (QED) is 0.563. The zero-order valence-electron chi connectivity index (χ0n) is 12.4. The fourth-order valence-corrected chi connectivity index (χ4v) is 1.89. The van der Waals surface area contributed by atoms with Crippen LogP contribution in [-0.2, 0) is 0 Å². The van der Waals surface area contributed by atoms with Gasteiger partial charge in [-0.25, -0.2) is 8.78 Å². The average molecular weight is 259 g/mol. The summed E-state index contributed by atoms with van der Waals surface area (Å²) < 4.78 is 27.2. The molecule has 0 bridgehead atoms. The van der Waals surface area contributed by atoms with Gasteiger partial charge in [-0.3, -0.25) is 0 Å². The molecule has 3 heteroatoms. The Kier molecular flexibility index (Phi) is 8.90. The van der Waals surface area contributed by atoms with Gasteiger partial charge in [-0.05, 0) is 58.8 Å². The van der Waals surface area contributed by atoms with Crippen LogP contribution in [0.1, 0.15) is 46.5 Å². The van der Waals surface area contributed by atoms with Crippen LogP contribution in [0.25, 0.3) is 0 Å². The van der Waals surface area contributed by atoms with E-state index in [1.165, 1.54) is 13.0 Å². The molecule has 0 saturated carbocycles. The predicted molar refractivity (Wildman–Crippen MR) is 74.9 cm³/mol. The number of rotatable bonds is 8. The Hall–Kier alpha value is -0.700. The van der Waals surface area contributed by atoms with Gasteiger partial charge in [0, 0.05) is 5.57 Å². The molecule has 0 heterocycles. The molecule has 0 saturated heterocycles. The van der Waals surface area contributed by atoms with Crippen LogP contribution in [0, 0.1) is 5.92 Å². The summed E-state index contributed by atoms with van der Waals surface area (Å²) in [5.74, 6) is -0.439. The van der Waals surface area contributed by atoms with Gasteiger partial charge in [-0.1, -0.05) is 20.3 Å². The standard InChI is InChI=1S/C15H27F2N/c1-6-8-15(17)14(12(3)16)11-13(7-2)9-10-18(4)5/h8,13H,6-7,9-11H2,1-5H3/b14-12+,15-8+. The van der Waals surface area contributed by atoms with Crippen molar-refractivity contribution in [1.82, 2.24) is 4.90 Å². The minimum atomic E-state index is -0.388. The van der Waals surface area contributed by atoms with Gasteiger partial charge in [0.15, 0.2) is 0 Å². The van der Waals surface area contributed by atoms with E-state index in [0.29, 0.717) is 18.8 Å². The normalized spacial score (nSPS) is 15.9. The maximum Gasteiger partial charge on any atom is 0.124 e. The van der Waals surface area contributed by atoms with Crippen molar-refractivity contribution >= 4 is 0 Å². The van der Waals surface area contributed by atoms with E-state index < -0.39 is 0 Å². The van der Waals surface area contributed by atoms with Gasteiger partial charge in [-0.15, -0.1) is 0 Å². The second-order valence-electron chi connectivity index (χ2n) is 5.04. The second-order valence-corrected chi connectivity index (χ2v) is 5.04. The molecule has 0 fully saturated rings. The largest absolute Gasteiger partial charge is 0.309 e. The molecular formula is C15H27F2N. The Labute approximate surface area is 111 Å². The number of nitrogens with zero attached hydrogens (tertiary/aromatic N) is 1. The summed E-state index contributed by atoms with van der Waals surface area (Å²) in [6.07, 6.45) is 4.47. The van der Waals surface area contributed by atoms with Crippen LogP contribution in [-0.4, -0.2) is 25.5 Å². The lowest BCUT2D eigenvalue weighted by atomic mass is 9.92. The zero-order chi connectivity index (χ0) is 14.1. The molecule has 106 valence electrons. The summed E-state index contributed by atoms with van der Waals surface area (Å²) in [7, 11) is 4.03. The fourth-order valence-electron chi connectivity index (χ4n) is 1.89.